The second-order valence-corrected chi connectivity index (χ2v) is 11.2. The summed E-state index contributed by atoms with van der Waals surface area (Å²) >= 11 is 3.54. The van der Waals surface area contributed by atoms with Gasteiger partial charge in [0.2, 0.25) is 0 Å². The van der Waals surface area contributed by atoms with Gasteiger partial charge in [-0.3, -0.25) is 0 Å². The minimum atomic E-state index is -1.25. The first kappa shape index (κ1) is 27.6. The molecule has 0 aliphatic rings. The lowest BCUT2D eigenvalue weighted by Gasteiger charge is -2.34. The van der Waals surface area contributed by atoms with E-state index in [1.807, 2.05) is 91.0 Å². The Bertz CT molecular complexity index is 807. The van der Waals surface area contributed by atoms with Crippen LogP contribution in [0.3, 0.4) is 0 Å². The molecule has 0 fully saturated rings. The summed E-state index contributed by atoms with van der Waals surface area (Å²) in [5.41, 5.74) is 0. The first-order valence-corrected chi connectivity index (χ1v) is 16.3. The minimum absolute atomic E-state index is 0.624. The molecule has 0 spiro atoms. The van der Waals surface area contributed by atoms with Crippen LogP contribution in [-0.4, -0.2) is 12.1 Å². The van der Waals surface area contributed by atoms with E-state index < -0.39 is 5.97 Å². The van der Waals surface area contributed by atoms with Gasteiger partial charge < -0.3 is 14.2 Å². The average Bonchev–Trinajstić information content (AvgIpc) is 2.89. The van der Waals surface area contributed by atoms with Crippen molar-refractivity contribution in [2.75, 3.05) is 6.16 Å². The zero-order valence-electron chi connectivity index (χ0n) is 20.5. The lowest BCUT2D eigenvalue weighted by atomic mass is 10.1. The van der Waals surface area contributed by atoms with Crippen LogP contribution in [0.4, 0.5) is 0 Å². The molecule has 0 heterocycles. The molecule has 3 aromatic carbocycles. The van der Waals surface area contributed by atoms with Crippen LogP contribution < -0.4 is 14.2 Å². The Labute approximate surface area is 221 Å². The zero-order chi connectivity index (χ0) is 24.4. The van der Waals surface area contributed by atoms with Gasteiger partial charge in [-0.25, -0.2) is 0 Å². The molecule has 0 N–H and O–H groups in total. The largest absolute Gasteiger partial charge is 0.421 e. The summed E-state index contributed by atoms with van der Waals surface area (Å²) < 4.78 is 19.4. The fourth-order valence-corrected chi connectivity index (χ4v) is 5.22. The molecule has 188 valence electrons. The highest BCUT2D eigenvalue weighted by Crippen LogP contribution is 2.31. The summed E-state index contributed by atoms with van der Waals surface area (Å²) in [6, 6.07) is 29.4. The van der Waals surface area contributed by atoms with Gasteiger partial charge >= 0.3 is 5.97 Å². The SMILES string of the molecule is BrPCCCCCCCCCCCC(Oc1ccccc1)(Oc1ccccc1)Oc1ccccc1. The molecule has 0 saturated carbocycles. The average molecular weight is 558 g/mol. The van der Waals surface area contributed by atoms with Crippen molar-refractivity contribution in [3.63, 3.8) is 0 Å². The summed E-state index contributed by atoms with van der Waals surface area (Å²) in [6.07, 6.45) is 13.3. The number of unbranched alkanes of at least 4 members (excludes halogenated alkanes) is 8. The minimum Gasteiger partial charge on any atom is -0.421 e. The molecule has 0 bridgehead atoms. The molecule has 3 rings (SSSR count). The third-order valence-corrected chi connectivity index (χ3v) is 7.54. The molecule has 3 aromatic rings. The van der Waals surface area contributed by atoms with E-state index in [0.29, 0.717) is 6.42 Å². The maximum atomic E-state index is 6.45. The van der Waals surface area contributed by atoms with Gasteiger partial charge in [-0.05, 0) is 55.4 Å². The number of halogens is 1. The quantitative estimate of drug-likeness (QED) is 0.0885. The molecular weight excluding hydrogens is 519 g/mol. The summed E-state index contributed by atoms with van der Waals surface area (Å²) in [5.74, 6) is 0.916. The third-order valence-electron chi connectivity index (χ3n) is 5.80. The molecule has 0 amide bonds. The molecular formula is C30H38BrO3P. The van der Waals surface area contributed by atoms with Crippen LogP contribution in [0, 0.1) is 0 Å². The highest BCUT2D eigenvalue weighted by Gasteiger charge is 2.38. The van der Waals surface area contributed by atoms with Gasteiger partial charge in [-0.2, -0.15) is 0 Å². The van der Waals surface area contributed by atoms with E-state index in [1.54, 1.807) is 0 Å². The normalized spacial score (nSPS) is 11.6. The topological polar surface area (TPSA) is 27.7 Å². The molecule has 0 saturated heterocycles. The highest BCUT2D eigenvalue weighted by molar-refractivity contribution is 9.36. The summed E-state index contributed by atoms with van der Waals surface area (Å²) in [7, 11) is 0.918. The van der Waals surface area contributed by atoms with E-state index in [2.05, 4.69) is 15.5 Å². The van der Waals surface area contributed by atoms with Gasteiger partial charge in [0.1, 0.15) is 17.2 Å². The predicted octanol–water partition coefficient (Wildman–Crippen LogP) is 9.77. The standard InChI is InChI=1S/C30H38BrO3P/c31-35-26-18-7-5-3-1-2-4-6-17-25-30(32-27-19-11-8-12-20-27,33-28-21-13-9-14-22-28)34-29-23-15-10-16-24-29/h8-16,19-24,35H,1-7,17-18,25-26H2. The van der Waals surface area contributed by atoms with Gasteiger partial charge in [0, 0.05) is 0 Å². The number of hydrogen-bond donors (Lipinski definition) is 0. The monoisotopic (exact) mass is 556 g/mol. The van der Waals surface area contributed by atoms with Gasteiger partial charge in [0.05, 0.1) is 6.42 Å². The van der Waals surface area contributed by atoms with Crippen molar-refractivity contribution >= 4 is 22.8 Å². The Morgan fingerprint density at radius 2 is 0.829 bits per heavy atom. The van der Waals surface area contributed by atoms with Crippen LogP contribution >= 0.6 is 22.8 Å². The Hall–Kier alpha value is -2.03. The molecule has 5 heteroatoms. The Morgan fingerprint density at radius 3 is 1.20 bits per heavy atom. The van der Waals surface area contributed by atoms with Crippen LogP contribution in [0.1, 0.15) is 64.2 Å². The molecule has 3 nitrogen and oxygen atoms in total. The van der Waals surface area contributed by atoms with E-state index >= 15 is 0 Å². The fraction of sp³-hybridized carbons (Fsp3) is 0.400. The Kier molecular flexibility index (Phi) is 13.1. The molecule has 0 radical (unpaired) electrons. The first-order valence-electron chi connectivity index (χ1n) is 12.9. The zero-order valence-corrected chi connectivity index (χ0v) is 23.1. The van der Waals surface area contributed by atoms with Crippen molar-refractivity contribution in [3.8, 4) is 17.2 Å². The van der Waals surface area contributed by atoms with Crippen molar-refractivity contribution in [3.05, 3.63) is 91.0 Å². The van der Waals surface area contributed by atoms with Crippen LogP contribution in [0.2, 0.25) is 0 Å². The van der Waals surface area contributed by atoms with E-state index in [-0.39, 0.29) is 0 Å². The van der Waals surface area contributed by atoms with Crippen LogP contribution in [0.15, 0.2) is 91.0 Å². The second-order valence-electron chi connectivity index (χ2n) is 8.74. The summed E-state index contributed by atoms with van der Waals surface area (Å²) in [5, 5.41) is 0. The predicted molar refractivity (Wildman–Crippen MR) is 152 cm³/mol. The van der Waals surface area contributed by atoms with Crippen LogP contribution in [0.5, 0.6) is 17.2 Å². The van der Waals surface area contributed by atoms with Crippen molar-refractivity contribution in [2.24, 2.45) is 0 Å². The molecule has 0 aromatic heterocycles. The fourth-order valence-electron chi connectivity index (χ4n) is 3.99. The van der Waals surface area contributed by atoms with Gasteiger partial charge in [0.15, 0.2) is 0 Å². The first-order chi connectivity index (χ1) is 17.3. The van der Waals surface area contributed by atoms with Crippen LogP contribution in [0.25, 0.3) is 0 Å². The van der Waals surface area contributed by atoms with E-state index in [9.17, 15) is 0 Å². The third kappa shape index (κ3) is 11.1. The van der Waals surface area contributed by atoms with Gasteiger partial charge in [0.25, 0.3) is 0 Å². The highest BCUT2D eigenvalue weighted by atomic mass is 79.9. The van der Waals surface area contributed by atoms with Crippen molar-refractivity contribution in [1.82, 2.24) is 0 Å². The van der Waals surface area contributed by atoms with E-state index in [4.69, 9.17) is 14.2 Å². The Morgan fingerprint density at radius 1 is 0.486 bits per heavy atom. The number of benzene rings is 3. The molecule has 0 aliphatic carbocycles. The lowest BCUT2D eigenvalue weighted by Crippen LogP contribution is -2.48. The Balaban J connectivity index is 1.60. The van der Waals surface area contributed by atoms with Crippen molar-refractivity contribution in [1.29, 1.82) is 0 Å². The van der Waals surface area contributed by atoms with E-state index in [1.165, 1.54) is 51.1 Å². The number of ether oxygens (including phenoxy) is 3. The van der Waals surface area contributed by atoms with E-state index in [0.717, 1.165) is 37.4 Å². The lowest BCUT2D eigenvalue weighted by molar-refractivity contribution is -0.257. The molecule has 1 atom stereocenters. The number of hydrogen-bond acceptors (Lipinski definition) is 3. The molecule has 1 unspecified atom stereocenters. The smallest absolute Gasteiger partial charge is 0.417 e. The maximum absolute atomic E-state index is 6.45. The van der Waals surface area contributed by atoms with Crippen LogP contribution in [-0.2, 0) is 0 Å². The molecule has 0 aliphatic heterocycles. The molecule has 35 heavy (non-hydrogen) atoms. The number of rotatable bonds is 18. The van der Waals surface area contributed by atoms with Gasteiger partial charge in [-0.15, -0.1) is 0 Å². The maximum Gasteiger partial charge on any atom is 0.417 e. The van der Waals surface area contributed by atoms with Gasteiger partial charge in [-0.1, -0.05) is 122 Å². The van der Waals surface area contributed by atoms with Crippen molar-refractivity contribution in [2.45, 2.75) is 70.2 Å². The second kappa shape index (κ2) is 16.6. The summed E-state index contributed by atoms with van der Waals surface area (Å²) in [6.45, 7) is 0. The van der Waals surface area contributed by atoms with Crippen molar-refractivity contribution < 1.29 is 14.2 Å². The number of para-hydroxylation sites is 3. The summed E-state index contributed by atoms with van der Waals surface area (Å²) in [4.78, 5) is 0.